The molecule has 1 amide bonds. The number of carbonyl (C=O) groups is 2. The van der Waals surface area contributed by atoms with Crippen LogP contribution in [0.25, 0.3) is 0 Å². The summed E-state index contributed by atoms with van der Waals surface area (Å²) in [5, 5.41) is 8.59. The van der Waals surface area contributed by atoms with Gasteiger partial charge in [-0.05, 0) is 36.8 Å². The lowest BCUT2D eigenvalue weighted by Gasteiger charge is -2.24. The number of esters is 1. The molecule has 0 aliphatic rings. The molecule has 0 atom stereocenters. The molecule has 0 heterocycles. The highest BCUT2D eigenvalue weighted by Gasteiger charge is 2.25. The number of nitrogens with zero attached hydrogens (tertiary/aromatic N) is 3. The molecule has 8 nitrogen and oxygen atoms in total. The van der Waals surface area contributed by atoms with Crippen molar-refractivity contribution in [2.45, 2.75) is 31.1 Å². The van der Waals surface area contributed by atoms with Gasteiger partial charge in [-0.1, -0.05) is 37.6 Å². The predicted octanol–water partition coefficient (Wildman–Crippen LogP) is 3.21. The Labute approximate surface area is 189 Å². The Morgan fingerprint density at radius 2 is 1.78 bits per heavy atom. The molecule has 0 aromatic heterocycles. The number of hydrogen-bond acceptors (Lipinski definition) is 6. The van der Waals surface area contributed by atoms with Crippen molar-refractivity contribution in [3.8, 4) is 6.07 Å². The van der Waals surface area contributed by atoms with Crippen LogP contribution < -0.4 is 4.31 Å². The number of carbonyl (C=O) groups excluding carboxylic acids is 2. The van der Waals surface area contributed by atoms with Crippen LogP contribution >= 0.6 is 0 Å². The number of hydrogen-bond donors (Lipinski definition) is 0. The van der Waals surface area contributed by atoms with Crippen molar-refractivity contribution < 1.29 is 22.7 Å². The molecule has 170 valence electrons. The second-order valence-electron chi connectivity index (χ2n) is 7.09. The van der Waals surface area contributed by atoms with Gasteiger partial charge in [0, 0.05) is 20.1 Å². The monoisotopic (exact) mass is 457 g/mol. The second kappa shape index (κ2) is 11.9. The van der Waals surface area contributed by atoms with Crippen molar-refractivity contribution in [2.75, 3.05) is 31.0 Å². The molecule has 0 aliphatic carbocycles. The third kappa shape index (κ3) is 6.56. The van der Waals surface area contributed by atoms with Gasteiger partial charge in [-0.3, -0.25) is 9.10 Å². The Morgan fingerprint density at radius 3 is 2.44 bits per heavy atom. The lowest BCUT2D eigenvalue weighted by atomic mass is 10.2. The van der Waals surface area contributed by atoms with E-state index < -0.39 is 28.5 Å². The van der Waals surface area contributed by atoms with E-state index in [1.807, 2.05) is 19.1 Å². The molecule has 0 fully saturated rings. The number of likely N-dealkylation sites (N-methyl/N-ethyl adjacent to an activating group) is 1. The Morgan fingerprint density at radius 1 is 1.06 bits per heavy atom. The van der Waals surface area contributed by atoms with Crippen LogP contribution in [0.5, 0.6) is 0 Å². The largest absolute Gasteiger partial charge is 0.452 e. The molecule has 0 bridgehead atoms. The number of sulfonamides is 1. The number of amides is 1. The molecule has 2 rings (SSSR count). The van der Waals surface area contributed by atoms with Crippen LogP contribution in [0.2, 0.25) is 0 Å². The van der Waals surface area contributed by atoms with Gasteiger partial charge in [-0.2, -0.15) is 5.26 Å². The first kappa shape index (κ1) is 24.9. The number of ether oxygens (including phenoxy) is 1. The summed E-state index contributed by atoms with van der Waals surface area (Å²) in [7, 11) is -2.41. The van der Waals surface area contributed by atoms with Gasteiger partial charge in [0.1, 0.15) is 0 Å². The Hall–Kier alpha value is -3.38. The van der Waals surface area contributed by atoms with E-state index in [1.54, 1.807) is 24.3 Å². The maximum atomic E-state index is 13.4. The summed E-state index contributed by atoms with van der Waals surface area (Å²) in [6.45, 7) is 2.02. The van der Waals surface area contributed by atoms with Gasteiger partial charge in [-0.15, -0.1) is 0 Å². The highest BCUT2D eigenvalue weighted by molar-refractivity contribution is 7.92. The summed E-state index contributed by atoms with van der Waals surface area (Å²) in [4.78, 5) is 25.7. The molecule has 0 saturated heterocycles. The van der Waals surface area contributed by atoms with Crippen LogP contribution in [0, 0.1) is 11.3 Å². The average molecular weight is 458 g/mol. The smallest absolute Gasteiger partial charge is 0.338 e. The summed E-state index contributed by atoms with van der Waals surface area (Å²) < 4.78 is 33.1. The summed E-state index contributed by atoms with van der Waals surface area (Å²) in [6.07, 6.45) is 1.67. The van der Waals surface area contributed by atoms with E-state index in [1.165, 1.54) is 40.5 Å². The van der Waals surface area contributed by atoms with Crippen LogP contribution in [0.4, 0.5) is 5.69 Å². The number of rotatable bonds is 11. The van der Waals surface area contributed by atoms with Crippen molar-refractivity contribution >= 4 is 27.6 Å². The topological polar surface area (TPSA) is 108 Å². The minimum atomic E-state index is -3.92. The van der Waals surface area contributed by atoms with E-state index in [4.69, 9.17) is 10.00 Å². The average Bonchev–Trinajstić information content (AvgIpc) is 2.81. The number of nitriles is 1. The fraction of sp³-hybridized carbons (Fsp3) is 0.348. The van der Waals surface area contributed by atoms with Gasteiger partial charge in [0.25, 0.3) is 15.9 Å². The van der Waals surface area contributed by atoms with Crippen molar-refractivity contribution in [3.05, 3.63) is 60.2 Å². The zero-order chi connectivity index (χ0) is 23.6. The fourth-order valence-corrected chi connectivity index (χ4v) is 4.41. The molecule has 2 aromatic rings. The summed E-state index contributed by atoms with van der Waals surface area (Å²) in [5.41, 5.74) is 0.571. The highest BCUT2D eigenvalue weighted by Crippen LogP contribution is 2.25. The number of para-hydroxylation sites is 1. The van der Waals surface area contributed by atoms with Gasteiger partial charge < -0.3 is 9.64 Å². The third-order valence-corrected chi connectivity index (χ3v) is 6.55. The molecule has 0 unspecified atom stereocenters. The normalized spacial score (nSPS) is 10.8. The quantitative estimate of drug-likeness (QED) is 0.480. The number of anilines is 1. The van der Waals surface area contributed by atoms with Crippen molar-refractivity contribution in [3.63, 3.8) is 0 Å². The molecule has 0 radical (unpaired) electrons. The molecule has 0 aliphatic heterocycles. The summed E-state index contributed by atoms with van der Waals surface area (Å²) in [6, 6.07) is 16.3. The van der Waals surface area contributed by atoms with Gasteiger partial charge in [0.05, 0.1) is 28.6 Å². The standard InChI is InChI=1S/C23H27N3O5S/c1-3-4-16-26(20-11-6-5-7-12-20)32(29,30)21-13-8-10-19(17-21)23(28)31-18-22(27)25(2)15-9-14-24/h5-8,10-13,17H,3-4,9,15-16,18H2,1-2H3. The van der Waals surface area contributed by atoms with Crippen molar-refractivity contribution in [1.29, 1.82) is 5.26 Å². The lowest BCUT2D eigenvalue weighted by molar-refractivity contribution is -0.133. The Kier molecular flexibility index (Phi) is 9.22. The molecular weight excluding hydrogens is 430 g/mol. The predicted molar refractivity (Wildman–Crippen MR) is 120 cm³/mol. The zero-order valence-corrected chi connectivity index (χ0v) is 19.0. The fourth-order valence-electron chi connectivity index (χ4n) is 2.86. The third-order valence-electron chi connectivity index (χ3n) is 4.73. The van der Waals surface area contributed by atoms with E-state index in [-0.39, 0.29) is 23.4 Å². The molecular formula is C23H27N3O5S. The lowest BCUT2D eigenvalue weighted by Crippen LogP contribution is -2.32. The number of benzene rings is 2. The van der Waals surface area contributed by atoms with Crippen molar-refractivity contribution in [1.82, 2.24) is 4.90 Å². The minimum absolute atomic E-state index is 0.0297. The van der Waals surface area contributed by atoms with Gasteiger partial charge in [0.15, 0.2) is 6.61 Å². The Bertz CT molecular complexity index is 1060. The van der Waals surface area contributed by atoms with E-state index in [2.05, 4.69) is 0 Å². The SMILES string of the molecule is CCCCN(c1ccccc1)S(=O)(=O)c1cccc(C(=O)OCC(=O)N(C)CCC#N)c1. The van der Waals surface area contributed by atoms with Gasteiger partial charge in [0.2, 0.25) is 0 Å². The van der Waals surface area contributed by atoms with Crippen LogP contribution in [0.15, 0.2) is 59.5 Å². The van der Waals surface area contributed by atoms with E-state index in [0.29, 0.717) is 18.7 Å². The van der Waals surface area contributed by atoms with Gasteiger partial charge in [-0.25, -0.2) is 13.2 Å². The van der Waals surface area contributed by atoms with Gasteiger partial charge >= 0.3 is 5.97 Å². The maximum absolute atomic E-state index is 13.4. The summed E-state index contributed by atoms with van der Waals surface area (Å²) >= 11 is 0. The zero-order valence-electron chi connectivity index (χ0n) is 18.2. The van der Waals surface area contributed by atoms with Crippen LogP contribution in [0.1, 0.15) is 36.5 Å². The highest BCUT2D eigenvalue weighted by atomic mass is 32.2. The molecule has 32 heavy (non-hydrogen) atoms. The second-order valence-corrected chi connectivity index (χ2v) is 8.96. The molecule has 0 saturated carbocycles. The van der Waals surface area contributed by atoms with Crippen LogP contribution in [-0.2, 0) is 19.6 Å². The van der Waals surface area contributed by atoms with Crippen molar-refractivity contribution in [2.24, 2.45) is 0 Å². The first-order chi connectivity index (χ1) is 15.3. The first-order valence-corrected chi connectivity index (χ1v) is 11.7. The maximum Gasteiger partial charge on any atom is 0.338 e. The van der Waals surface area contributed by atoms with E-state index >= 15 is 0 Å². The van der Waals surface area contributed by atoms with E-state index in [0.717, 1.165) is 6.42 Å². The number of unbranched alkanes of at least 4 members (excludes halogenated alkanes) is 1. The molecule has 0 N–H and O–H groups in total. The summed E-state index contributed by atoms with van der Waals surface area (Å²) in [5.74, 6) is -1.25. The molecule has 9 heteroatoms. The van der Waals surface area contributed by atoms with Crippen LogP contribution in [0.3, 0.4) is 0 Å². The first-order valence-electron chi connectivity index (χ1n) is 10.3. The Balaban J connectivity index is 2.20. The molecule has 0 spiro atoms. The van der Waals surface area contributed by atoms with Crippen LogP contribution in [-0.4, -0.2) is 51.9 Å². The molecule has 2 aromatic carbocycles. The minimum Gasteiger partial charge on any atom is -0.452 e. The van der Waals surface area contributed by atoms with E-state index in [9.17, 15) is 18.0 Å².